The number of aryl methyl sites for hydroxylation is 1. The van der Waals surface area contributed by atoms with Crippen LogP contribution in [0.25, 0.3) is 0 Å². The smallest absolute Gasteiger partial charge is 0.209 e. The highest BCUT2D eigenvalue weighted by molar-refractivity contribution is 6.42. The Morgan fingerprint density at radius 2 is 2.25 bits per heavy atom. The van der Waals surface area contributed by atoms with Crippen molar-refractivity contribution >= 4 is 17.3 Å². The lowest BCUT2D eigenvalue weighted by Gasteiger charge is -2.17. The summed E-state index contributed by atoms with van der Waals surface area (Å²) in [5.41, 5.74) is 0.399. The quantitative estimate of drug-likeness (QED) is 0.414. The van der Waals surface area contributed by atoms with Crippen molar-refractivity contribution in [1.29, 1.82) is 0 Å². The monoisotopic (exact) mass is 220 g/mol. The Kier molecular flexibility index (Phi) is 2.68. The molecule has 0 amide bonds. The Labute approximate surface area is 92.4 Å². The molecule has 0 N–H and O–H groups in total. The van der Waals surface area contributed by atoms with Crippen LogP contribution in [0.15, 0.2) is 12.4 Å². The molecule has 5 nitrogen and oxygen atoms in total. The molecule has 0 aromatic carbocycles. The first-order valence-electron chi connectivity index (χ1n) is 5.19. The van der Waals surface area contributed by atoms with Gasteiger partial charge in [0, 0.05) is 19.7 Å². The minimum Gasteiger partial charge on any atom is -0.293 e. The van der Waals surface area contributed by atoms with Crippen LogP contribution in [0.3, 0.4) is 0 Å². The average molecular weight is 220 g/mol. The summed E-state index contributed by atoms with van der Waals surface area (Å²) >= 11 is 0. The van der Waals surface area contributed by atoms with Crippen molar-refractivity contribution in [2.75, 3.05) is 0 Å². The molecule has 1 atom stereocenters. The fourth-order valence-electron chi connectivity index (χ4n) is 1.92. The van der Waals surface area contributed by atoms with Gasteiger partial charge in [-0.3, -0.25) is 19.1 Å². The van der Waals surface area contributed by atoms with E-state index in [9.17, 15) is 14.4 Å². The zero-order chi connectivity index (χ0) is 11.7. The van der Waals surface area contributed by atoms with E-state index in [-0.39, 0.29) is 12.2 Å². The van der Waals surface area contributed by atoms with Gasteiger partial charge < -0.3 is 0 Å². The lowest BCUT2D eigenvalue weighted by atomic mass is 9.82. The zero-order valence-corrected chi connectivity index (χ0v) is 8.97. The van der Waals surface area contributed by atoms with Crippen LogP contribution < -0.4 is 0 Å². The molecule has 0 radical (unpaired) electrons. The van der Waals surface area contributed by atoms with Crippen molar-refractivity contribution < 1.29 is 14.4 Å². The van der Waals surface area contributed by atoms with E-state index in [1.807, 2.05) is 0 Å². The summed E-state index contributed by atoms with van der Waals surface area (Å²) in [5, 5.41) is 3.88. The molecule has 16 heavy (non-hydrogen) atoms. The van der Waals surface area contributed by atoms with E-state index in [1.54, 1.807) is 13.2 Å². The van der Waals surface area contributed by atoms with E-state index < -0.39 is 17.5 Å². The van der Waals surface area contributed by atoms with Crippen LogP contribution in [-0.4, -0.2) is 27.1 Å². The van der Waals surface area contributed by atoms with Crippen LogP contribution in [-0.2, 0) is 16.6 Å². The van der Waals surface area contributed by atoms with Crippen molar-refractivity contribution in [1.82, 2.24) is 9.78 Å². The van der Waals surface area contributed by atoms with Gasteiger partial charge in [-0.25, -0.2) is 0 Å². The Balaban J connectivity index is 2.21. The molecule has 0 aliphatic heterocycles. The molecule has 0 saturated heterocycles. The summed E-state index contributed by atoms with van der Waals surface area (Å²) < 4.78 is 1.50. The van der Waals surface area contributed by atoms with E-state index in [4.69, 9.17) is 0 Å². The van der Waals surface area contributed by atoms with Gasteiger partial charge in [0.2, 0.25) is 5.78 Å². The van der Waals surface area contributed by atoms with Gasteiger partial charge in [-0.05, 0) is 12.8 Å². The van der Waals surface area contributed by atoms with Crippen molar-refractivity contribution in [2.24, 2.45) is 13.0 Å². The Bertz CT molecular complexity index is 462. The molecule has 2 rings (SSSR count). The van der Waals surface area contributed by atoms with Crippen molar-refractivity contribution in [3.8, 4) is 0 Å². The van der Waals surface area contributed by atoms with Crippen LogP contribution in [0.4, 0.5) is 0 Å². The molecule has 0 bridgehead atoms. The van der Waals surface area contributed by atoms with E-state index in [0.717, 1.165) is 0 Å². The maximum absolute atomic E-state index is 11.9. The van der Waals surface area contributed by atoms with E-state index >= 15 is 0 Å². The zero-order valence-electron chi connectivity index (χ0n) is 8.97. The summed E-state index contributed by atoms with van der Waals surface area (Å²) in [7, 11) is 1.70. The van der Waals surface area contributed by atoms with Gasteiger partial charge >= 0.3 is 0 Å². The number of hydrogen-bond acceptors (Lipinski definition) is 4. The minimum atomic E-state index is -0.787. The SMILES string of the molecule is Cn1cc(C(=O)C2CCCC(=O)C2=O)cn1. The summed E-state index contributed by atoms with van der Waals surface area (Å²) in [6.07, 6.45) is 4.35. The number of hydrogen-bond donors (Lipinski definition) is 0. The van der Waals surface area contributed by atoms with E-state index in [2.05, 4.69) is 5.10 Å². The second-order valence-electron chi connectivity index (χ2n) is 4.00. The average Bonchev–Trinajstić information content (AvgIpc) is 2.68. The molecule has 5 heteroatoms. The molecule has 84 valence electrons. The number of carbonyl (C=O) groups is 3. The van der Waals surface area contributed by atoms with Crippen LogP contribution in [0.1, 0.15) is 29.6 Å². The maximum atomic E-state index is 11.9. The fourth-order valence-corrected chi connectivity index (χ4v) is 1.92. The summed E-state index contributed by atoms with van der Waals surface area (Å²) in [6, 6.07) is 0. The Hall–Kier alpha value is -1.78. The first kappa shape index (κ1) is 10.7. The highest BCUT2D eigenvalue weighted by atomic mass is 16.2. The molecule has 1 saturated carbocycles. The Morgan fingerprint density at radius 1 is 1.50 bits per heavy atom. The topological polar surface area (TPSA) is 69.0 Å². The van der Waals surface area contributed by atoms with Gasteiger partial charge in [0.1, 0.15) is 0 Å². The van der Waals surface area contributed by atoms with E-state index in [0.29, 0.717) is 18.4 Å². The van der Waals surface area contributed by atoms with Gasteiger partial charge in [0.25, 0.3) is 0 Å². The molecular formula is C11H12N2O3. The maximum Gasteiger partial charge on any atom is 0.209 e. The summed E-state index contributed by atoms with van der Waals surface area (Å²) in [6.45, 7) is 0. The van der Waals surface area contributed by atoms with Crippen LogP contribution in [0, 0.1) is 5.92 Å². The number of aromatic nitrogens is 2. The first-order valence-corrected chi connectivity index (χ1v) is 5.19. The molecule has 1 fully saturated rings. The van der Waals surface area contributed by atoms with Gasteiger partial charge in [-0.2, -0.15) is 5.10 Å². The standard InChI is InChI=1S/C11H12N2O3/c1-13-6-7(5-12-13)10(15)8-3-2-4-9(14)11(8)16/h5-6,8H,2-4H2,1H3. The molecule has 1 unspecified atom stereocenters. The Morgan fingerprint density at radius 3 is 2.88 bits per heavy atom. The molecule has 0 spiro atoms. The lowest BCUT2D eigenvalue weighted by Crippen LogP contribution is -2.33. The largest absolute Gasteiger partial charge is 0.293 e. The predicted molar refractivity (Wildman–Crippen MR) is 54.9 cm³/mol. The first-order chi connectivity index (χ1) is 7.59. The molecule has 1 aromatic rings. The highest BCUT2D eigenvalue weighted by Crippen LogP contribution is 2.22. The predicted octanol–water partition coefficient (Wildman–Crippen LogP) is 0.541. The van der Waals surface area contributed by atoms with E-state index in [1.165, 1.54) is 10.9 Å². The number of carbonyl (C=O) groups excluding carboxylic acids is 3. The van der Waals surface area contributed by atoms with Crippen LogP contribution in [0.5, 0.6) is 0 Å². The number of ketones is 3. The third kappa shape index (κ3) is 1.80. The fraction of sp³-hybridized carbons (Fsp3) is 0.455. The molecule has 1 heterocycles. The third-order valence-corrected chi connectivity index (χ3v) is 2.79. The second-order valence-corrected chi connectivity index (χ2v) is 4.00. The van der Waals surface area contributed by atoms with Crippen LogP contribution in [0.2, 0.25) is 0 Å². The third-order valence-electron chi connectivity index (χ3n) is 2.79. The van der Waals surface area contributed by atoms with Gasteiger partial charge in [-0.1, -0.05) is 0 Å². The second kappa shape index (κ2) is 4.00. The number of Topliss-reactive ketones (excluding diaryl/α,β-unsaturated/α-hetero) is 3. The van der Waals surface area contributed by atoms with Crippen molar-refractivity contribution in [3.63, 3.8) is 0 Å². The molecule has 1 aromatic heterocycles. The summed E-state index contributed by atoms with van der Waals surface area (Å²) in [4.78, 5) is 34.7. The lowest BCUT2D eigenvalue weighted by molar-refractivity contribution is -0.139. The van der Waals surface area contributed by atoms with Gasteiger partial charge in [0.05, 0.1) is 17.7 Å². The van der Waals surface area contributed by atoms with Crippen LogP contribution >= 0.6 is 0 Å². The summed E-state index contributed by atoms with van der Waals surface area (Å²) in [5.74, 6) is -2.04. The van der Waals surface area contributed by atoms with Crippen molar-refractivity contribution in [3.05, 3.63) is 18.0 Å². The number of nitrogens with zero attached hydrogens (tertiary/aromatic N) is 2. The van der Waals surface area contributed by atoms with Gasteiger partial charge in [0.15, 0.2) is 11.6 Å². The number of rotatable bonds is 2. The van der Waals surface area contributed by atoms with Gasteiger partial charge in [-0.15, -0.1) is 0 Å². The van der Waals surface area contributed by atoms with Crippen molar-refractivity contribution in [2.45, 2.75) is 19.3 Å². The normalized spacial score (nSPS) is 21.2. The molecule has 1 aliphatic carbocycles. The molecule has 1 aliphatic rings. The molecular weight excluding hydrogens is 208 g/mol. The minimum absolute atomic E-state index is 0.273. The highest BCUT2D eigenvalue weighted by Gasteiger charge is 2.35.